The smallest absolute Gasteiger partial charge is 0.331 e. The lowest BCUT2D eigenvalue weighted by molar-refractivity contribution is -0.308. The van der Waals surface area contributed by atoms with Crippen molar-refractivity contribution in [2.45, 2.75) is 141 Å². The van der Waals surface area contributed by atoms with E-state index in [4.69, 9.17) is 5.73 Å². The number of nitrogens with one attached hydrogen (secondary N) is 12. The predicted octanol–water partition coefficient (Wildman–Crippen LogP) is -2.82. The van der Waals surface area contributed by atoms with Gasteiger partial charge >= 0.3 is 29.8 Å². The van der Waals surface area contributed by atoms with Crippen LogP contribution in [0.4, 0.5) is 5.69 Å². The standard InChI is InChI=1S/C69H97N17O20S/c1-37(2)23-49(66(104)80-47(61(71)99)18-22-107-6)82-67(105)51(27-44-29-72-36-76-44)79-55(90)31-75-68(106)60(38(3)4)84-62(100)39(5)77-65(103)50(24-41-28-73-46-10-8-7-9-45(41)46)83-64(102)48(15-16-52(70)87)81-63(101)40-11-13-43(14-12-40)78-54(89)30-74-53(88)17-19-69(42(25-56(91)92)26-57(93)94)34-85(32-58(95)96)20-21-86(35-69)33-59(97)98/h7-14,28-29,36-39,42,47-51,60,73H,15-27,30-35H2,1-6H3,(H2,70,87)(H2,71,99)(H,72,76)(H,74,88)(H,75,106)(H,77,103)(H,78,89)(H,79,90)(H,80,104)(H,81,101)(H,82,105)(H,83,102)(H,84,100)(H,91,92)(H,93,94)(H,95,96)(H,97,98)/p+1. The molecule has 7 unspecified atom stereocenters. The molecular weight excluding hydrogens is 1420 g/mol. The number of benzene rings is 2. The largest absolute Gasteiger partial charge is 0.481 e. The van der Waals surface area contributed by atoms with E-state index in [-0.39, 0.29) is 75.5 Å². The number of imidazole rings is 1. The van der Waals surface area contributed by atoms with Crippen LogP contribution in [0.5, 0.6) is 0 Å². The van der Waals surface area contributed by atoms with Gasteiger partial charge in [0.25, 0.3) is 5.91 Å². The number of carboxylic acids is 4. The average Bonchev–Trinajstić information content (AvgIpc) is 1.79. The van der Waals surface area contributed by atoms with Crippen LogP contribution in [0.3, 0.4) is 0 Å². The summed E-state index contributed by atoms with van der Waals surface area (Å²) < 4.78 is 0. The maximum absolute atomic E-state index is 14.5. The minimum atomic E-state index is -1.53. The Kier molecular flexibility index (Phi) is 34.3. The van der Waals surface area contributed by atoms with Crippen LogP contribution in [0.2, 0.25) is 0 Å². The Balaban J connectivity index is 1.24. The van der Waals surface area contributed by atoms with Gasteiger partial charge < -0.3 is 89.3 Å². The Morgan fingerprint density at radius 2 is 1.19 bits per heavy atom. The second-order valence-electron chi connectivity index (χ2n) is 27.1. The Hall–Kier alpha value is -10.9. The van der Waals surface area contributed by atoms with Gasteiger partial charge in [0.1, 0.15) is 42.3 Å². The number of quaternary nitrogens is 1. The van der Waals surface area contributed by atoms with Crippen LogP contribution in [0.1, 0.15) is 108 Å². The zero-order valence-corrected chi connectivity index (χ0v) is 61.2. The quantitative estimate of drug-likeness (QED) is 0.0212. The Labute approximate surface area is 619 Å². The summed E-state index contributed by atoms with van der Waals surface area (Å²) >= 11 is 1.47. The van der Waals surface area contributed by atoms with Gasteiger partial charge in [-0.15, -0.1) is 0 Å². The maximum atomic E-state index is 14.5. The summed E-state index contributed by atoms with van der Waals surface area (Å²) in [6.45, 7) is 5.46. The number of H-pyrrole nitrogens is 2. The highest BCUT2D eigenvalue weighted by Crippen LogP contribution is 2.41. The fourth-order valence-corrected chi connectivity index (χ4v) is 12.7. The first-order valence-corrected chi connectivity index (χ1v) is 36.0. The van der Waals surface area contributed by atoms with Crippen LogP contribution >= 0.6 is 11.8 Å². The molecule has 7 atom stereocenters. The van der Waals surface area contributed by atoms with Crippen LogP contribution in [-0.2, 0) is 84.8 Å². The van der Waals surface area contributed by atoms with Crippen LogP contribution in [0.15, 0.2) is 67.3 Å². The van der Waals surface area contributed by atoms with E-state index < -0.39 is 206 Å². The summed E-state index contributed by atoms with van der Waals surface area (Å²) in [5.41, 5.74) is 9.23. The van der Waals surface area contributed by atoms with Crippen molar-refractivity contribution < 1.29 is 103 Å². The zero-order valence-electron chi connectivity index (χ0n) is 60.4. The molecule has 2 aromatic heterocycles. The number of carbonyl (C=O) groups is 16. The molecule has 0 aliphatic carbocycles. The van der Waals surface area contributed by atoms with Crippen molar-refractivity contribution in [2.75, 3.05) is 69.7 Å². The molecule has 2 aromatic carbocycles. The van der Waals surface area contributed by atoms with Crippen LogP contribution in [0, 0.1) is 23.2 Å². The number of anilines is 1. The second-order valence-corrected chi connectivity index (χ2v) is 28.1. The number of carboxylic acid groups (broad SMARTS) is 4. The summed E-state index contributed by atoms with van der Waals surface area (Å²) in [6.07, 6.45) is 3.55. The van der Waals surface area contributed by atoms with Gasteiger partial charge in [-0.25, -0.2) is 9.78 Å². The van der Waals surface area contributed by atoms with Gasteiger partial charge in [0.2, 0.25) is 59.1 Å². The summed E-state index contributed by atoms with van der Waals surface area (Å²) in [4.78, 5) is 223. The molecule has 0 saturated carbocycles. The molecule has 4 aromatic rings. The number of amides is 12. The second kappa shape index (κ2) is 42.3. The maximum Gasteiger partial charge on any atom is 0.331 e. The Bertz CT molecular complexity index is 3770. The van der Waals surface area contributed by atoms with E-state index in [1.54, 1.807) is 44.3 Å². The molecule has 0 bridgehead atoms. The number of hydrogen-bond donors (Lipinski definition) is 18. The first-order valence-electron chi connectivity index (χ1n) is 34.6. The van der Waals surface area contributed by atoms with E-state index in [1.807, 2.05) is 20.1 Å². The number of fused-ring (bicyclic) bond motifs is 1. The van der Waals surface area contributed by atoms with Crippen LogP contribution in [-0.4, -0.2) is 247 Å². The van der Waals surface area contributed by atoms with Crippen LogP contribution < -0.4 is 64.6 Å². The number of aliphatic carboxylic acids is 4. The van der Waals surface area contributed by atoms with Crippen LogP contribution in [0.25, 0.3) is 10.9 Å². The number of thioether (sulfide) groups is 1. The molecule has 107 heavy (non-hydrogen) atoms. The van der Waals surface area contributed by atoms with E-state index >= 15 is 0 Å². The molecule has 1 aliphatic rings. The fourth-order valence-electron chi connectivity index (χ4n) is 12.3. The molecule has 1 fully saturated rings. The zero-order chi connectivity index (χ0) is 79.2. The van der Waals surface area contributed by atoms with Crippen molar-refractivity contribution >= 4 is 123 Å². The third-order valence-corrected chi connectivity index (χ3v) is 18.3. The number of aromatic nitrogens is 3. The average molecular weight is 1520 g/mol. The molecule has 3 heterocycles. The molecule has 1 aliphatic heterocycles. The number of nitrogens with two attached hydrogens (primary N) is 1. The number of hydrogen-bond acceptors (Lipinski definition) is 20. The minimum Gasteiger partial charge on any atom is -0.481 e. The van der Waals surface area contributed by atoms with E-state index in [0.29, 0.717) is 34.3 Å². The topological polar surface area (TPSA) is 579 Å². The van der Waals surface area contributed by atoms with Gasteiger partial charge in [0, 0.05) is 110 Å². The van der Waals surface area contributed by atoms with Crippen molar-refractivity contribution in [3.05, 3.63) is 84.1 Å². The number of para-hydroxylation sites is 1. The SMILES string of the molecule is CSCCC(NC(=O)C(CC(C)C)NC(=O)C(Cc1cnc[nH]1)NC(=O)CNC(=O)C(NC(=O)C(C)NC(=O)C(Cc1c[nH]c2ccccc12)NC(=O)C(CCC(N)=O)NC(=O)c1ccc(NC(=O)CNC(=O)CCC2(C(CC(=O)O)CC(=O)O)CN(CC(=O)O)CCN(CC(=O)O)C2)cc1)C(C)C)C([NH3+])=O. The Morgan fingerprint density at radius 3 is 1.76 bits per heavy atom. The highest BCUT2D eigenvalue weighted by molar-refractivity contribution is 7.98. The first-order chi connectivity index (χ1) is 50.5. The molecule has 38 heteroatoms. The molecular formula is C69H98N17O20S+. The van der Waals surface area contributed by atoms with Gasteiger partial charge in [0.15, 0.2) is 0 Å². The van der Waals surface area contributed by atoms with E-state index in [2.05, 4.69) is 73.9 Å². The van der Waals surface area contributed by atoms with Gasteiger partial charge in [-0.1, -0.05) is 45.9 Å². The summed E-state index contributed by atoms with van der Waals surface area (Å²) in [7, 11) is 0. The first kappa shape index (κ1) is 86.8. The van der Waals surface area contributed by atoms with Crippen molar-refractivity contribution in [1.29, 1.82) is 0 Å². The molecule has 5 rings (SSSR count). The number of primary amides is 1. The van der Waals surface area contributed by atoms with Gasteiger partial charge in [-0.2, -0.15) is 11.8 Å². The lowest BCUT2D eigenvalue weighted by Gasteiger charge is -2.43. The highest BCUT2D eigenvalue weighted by atomic mass is 32.2. The van der Waals surface area contributed by atoms with E-state index in [0.717, 1.165) is 0 Å². The number of nitrogens with zero attached hydrogens (tertiary/aromatic N) is 3. The van der Waals surface area contributed by atoms with Gasteiger partial charge in [-0.05, 0) is 98.3 Å². The number of rotatable bonds is 45. The summed E-state index contributed by atoms with van der Waals surface area (Å²) in [6, 6.07) is 3.14. The summed E-state index contributed by atoms with van der Waals surface area (Å²) in [5.74, 6) is -16.1. The summed E-state index contributed by atoms with van der Waals surface area (Å²) in [5, 5.41) is 65.4. The molecule has 0 spiro atoms. The van der Waals surface area contributed by atoms with Crippen molar-refractivity contribution in [2.24, 2.45) is 28.9 Å². The lowest BCUT2D eigenvalue weighted by atomic mass is 9.68. The van der Waals surface area contributed by atoms with Gasteiger partial charge in [-0.3, -0.25) is 87.5 Å². The third-order valence-electron chi connectivity index (χ3n) is 17.7. The monoisotopic (exact) mass is 1520 g/mol. The molecule has 12 amide bonds. The lowest BCUT2D eigenvalue weighted by Crippen LogP contribution is -2.67. The molecule has 0 radical (unpaired) electrons. The van der Waals surface area contributed by atoms with Crippen molar-refractivity contribution in [3.8, 4) is 0 Å². The normalized spacial score (nSPS) is 15.0. The van der Waals surface area contributed by atoms with Crippen molar-refractivity contribution in [3.63, 3.8) is 0 Å². The number of aromatic amines is 2. The third kappa shape index (κ3) is 29.2. The van der Waals surface area contributed by atoms with E-state index in [9.17, 15) is 97.1 Å². The van der Waals surface area contributed by atoms with Crippen molar-refractivity contribution in [1.82, 2.24) is 72.6 Å². The predicted molar refractivity (Wildman–Crippen MR) is 385 cm³/mol. The Morgan fingerprint density at radius 1 is 0.607 bits per heavy atom. The molecule has 1 saturated heterocycles. The highest BCUT2D eigenvalue weighted by Gasteiger charge is 2.46. The molecule has 21 N–H and O–H groups in total. The molecule has 37 nitrogen and oxygen atoms in total. The fraction of sp³-hybridized carbons (Fsp3) is 0.522. The van der Waals surface area contributed by atoms with E-state index in [1.165, 1.54) is 65.3 Å². The molecule has 584 valence electrons. The number of carbonyl (C=O) groups excluding carboxylic acids is 12. The minimum absolute atomic E-state index is 0.0362. The van der Waals surface area contributed by atoms with Gasteiger partial charge in [0.05, 0.1) is 32.5 Å².